The van der Waals surface area contributed by atoms with E-state index in [0.29, 0.717) is 26.2 Å². The van der Waals surface area contributed by atoms with Gasteiger partial charge in [0.1, 0.15) is 6.61 Å². The van der Waals surface area contributed by atoms with Crippen LogP contribution in [0.15, 0.2) is 79.4 Å². The fourth-order valence-electron chi connectivity index (χ4n) is 5.82. The lowest BCUT2D eigenvalue weighted by Crippen LogP contribution is -2.56. The zero-order chi connectivity index (χ0) is 23.4. The van der Waals surface area contributed by atoms with Gasteiger partial charge in [-0.05, 0) is 34.2 Å². The molecule has 0 saturated carbocycles. The van der Waals surface area contributed by atoms with E-state index in [-0.39, 0.29) is 24.1 Å². The summed E-state index contributed by atoms with van der Waals surface area (Å²) in [5.74, 6) is 0.0464. The van der Waals surface area contributed by atoms with E-state index >= 15 is 0 Å². The first-order valence-electron chi connectivity index (χ1n) is 12.0. The van der Waals surface area contributed by atoms with Gasteiger partial charge in [-0.3, -0.25) is 14.3 Å². The van der Waals surface area contributed by atoms with Crippen molar-refractivity contribution in [2.75, 3.05) is 19.8 Å². The first-order valence-corrected chi connectivity index (χ1v) is 12.0. The Balaban J connectivity index is 1.14. The zero-order valence-corrected chi connectivity index (χ0v) is 19.1. The van der Waals surface area contributed by atoms with Gasteiger partial charge in [-0.25, -0.2) is 9.78 Å². The Hall–Kier alpha value is -3.97. The number of amides is 1. The molecule has 2 atom stereocenters. The third-order valence-corrected chi connectivity index (χ3v) is 7.39. The Morgan fingerprint density at radius 1 is 1.03 bits per heavy atom. The van der Waals surface area contributed by atoms with Gasteiger partial charge in [-0.2, -0.15) is 0 Å². The highest BCUT2D eigenvalue weighted by Gasteiger charge is 2.40. The summed E-state index contributed by atoms with van der Waals surface area (Å²) in [6.45, 7) is 1.28. The molecule has 1 amide bonds. The van der Waals surface area contributed by atoms with Crippen molar-refractivity contribution >= 4 is 17.3 Å². The number of aromatic nitrogens is 3. The van der Waals surface area contributed by atoms with Crippen LogP contribution in [-0.2, 0) is 9.47 Å². The monoisotopic (exact) mass is 464 g/mol. The van der Waals surface area contributed by atoms with Gasteiger partial charge in [0.2, 0.25) is 0 Å². The maximum atomic E-state index is 13.4. The second-order valence-electron chi connectivity index (χ2n) is 9.31. The van der Waals surface area contributed by atoms with Gasteiger partial charge in [-0.15, -0.1) is 0 Å². The minimum absolute atomic E-state index is 0.0464. The molecule has 2 aromatic carbocycles. The number of ether oxygens (including phenoxy) is 2. The van der Waals surface area contributed by atoms with Crippen molar-refractivity contribution in [3.63, 3.8) is 0 Å². The Morgan fingerprint density at radius 2 is 1.80 bits per heavy atom. The molecule has 4 aromatic rings. The number of benzene rings is 2. The maximum Gasteiger partial charge on any atom is 0.410 e. The fraction of sp³-hybridized carbons (Fsp3) is 0.250. The van der Waals surface area contributed by atoms with Crippen molar-refractivity contribution in [3.05, 3.63) is 96.2 Å². The molecule has 1 fully saturated rings. The molecule has 7 rings (SSSR count). The number of hydrogen-bond acceptors (Lipinski definition) is 5. The molecule has 2 aromatic heterocycles. The summed E-state index contributed by atoms with van der Waals surface area (Å²) in [5, 5.41) is 0. The first-order chi connectivity index (χ1) is 17.3. The Bertz CT molecular complexity index is 1430. The van der Waals surface area contributed by atoms with E-state index in [1.807, 2.05) is 21.7 Å². The Kier molecular flexibility index (Phi) is 4.70. The van der Waals surface area contributed by atoms with Crippen LogP contribution >= 0.6 is 0 Å². The van der Waals surface area contributed by atoms with Crippen molar-refractivity contribution in [2.24, 2.45) is 0 Å². The molecule has 2 unspecified atom stereocenters. The van der Waals surface area contributed by atoms with Crippen LogP contribution in [0.25, 0.3) is 22.3 Å². The van der Waals surface area contributed by atoms with Gasteiger partial charge in [0.25, 0.3) is 0 Å². The molecule has 0 N–H and O–H groups in total. The number of imidazole rings is 1. The molecule has 2 aliphatic heterocycles. The van der Waals surface area contributed by atoms with Crippen LogP contribution in [0.1, 0.15) is 29.2 Å². The molecule has 7 nitrogen and oxygen atoms in total. The second kappa shape index (κ2) is 8.06. The molecule has 4 heterocycles. The number of carbonyl (C=O) groups excluding carboxylic acids is 1. The van der Waals surface area contributed by atoms with E-state index in [0.717, 1.165) is 11.3 Å². The minimum Gasteiger partial charge on any atom is -0.448 e. The van der Waals surface area contributed by atoms with Crippen molar-refractivity contribution in [3.8, 4) is 11.1 Å². The predicted molar refractivity (Wildman–Crippen MR) is 131 cm³/mol. The topological polar surface area (TPSA) is 69.0 Å². The lowest BCUT2D eigenvalue weighted by molar-refractivity contribution is -0.0332. The van der Waals surface area contributed by atoms with Crippen LogP contribution in [0.5, 0.6) is 0 Å². The summed E-state index contributed by atoms with van der Waals surface area (Å²) in [5.41, 5.74) is 7.90. The van der Waals surface area contributed by atoms with Crippen LogP contribution in [0.4, 0.5) is 4.79 Å². The van der Waals surface area contributed by atoms with E-state index in [9.17, 15) is 4.79 Å². The van der Waals surface area contributed by atoms with Gasteiger partial charge in [0, 0.05) is 18.3 Å². The molecular formula is C28H24N4O3. The minimum atomic E-state index is -0.275. The summed E-state index contributed by atoms with van der Waals surface area (Å²) in [6, 6.07) is 16.5. The molecule has 1 aliphatic carbocycles. The standard InChI is InChI=1S/C28H24N4O3/c33-28(35-17-25-23-7-3-1-5-21(23)22-6-2-4-8-24(22)25)32-19-11-18(12-20(32)16-34-15-19)26-13-30-27-14-29-9-10-31(26)27/h1-11,13-14,19-20,25H,12,15-17H2. The molecule has 174 valence electrons. The summed E-state index contributed by atoms with van der Waals surface area (Å²) in [6.07, 6.45) is 9.85. The normalized spacial score (nSPS) is 20.9. The first kappa shape index (κ1) is 20.4. The third-order valence-electron chi connectivity index (χ3n) is 7.39. The van der Waals surface area contributed by atoms with Crippen LogP contribution < -0.4 is 0 Å². The Morgan fingerprint density at radius 3 is 2.57 bits per heavy atom. The SMILES string of the molecule is O=C(OCC1c2ccccc2-c2ccccc21)N1C2C=C(c3cnc4cnccn34)CC1COC2. The van der Waals surface area contributed by atoms with E-state index < -0.39 is 0 Å². The van der Waals surface area contributed by atoms with Crippen LogP contribution in [0.3, 0.4) is 0 Å². The quantitative estimate of drug-likeness (QED) is 0.446. The summed E-state index contributed by atoms with van der Waals surface area (Å²) in [4.78, 5) is 23.9. The van der Waals surface area contributed by atoms with Crippen LogP contribution in [0.2, 0.25) is 0 Å². The average molecular weight is 465 g/mol. The average Bonchev–Trinajstić information content (AvgIpc) is 3.46. The summed E-state index contributed by atoms with van der Waals surface area (Å²) in [7, 11) is 0. The van der Waals surface area contributed by atoms with Crippen LogP contribution in [-0.4, -0.2) is 57.3 Å². The molecule has 3 aliphatic rings. The van der Waals surface area contributed by atoms with Gasteiger partial charge in [0.05, 0.1) is 43.4 Å². The van der Waals surface area contributed by atoms with Crippen molar-refractivity contribution in [1.82, 2.24) is 19.3 Å². The Labute approximate surface area is 202 Å². The molecule has 7 heteroatoms. The van der Waals surface area contributed by atoms with Crippen molar-refractivity contribution in [2.45, 2.75) is 24.4 Å². The highest BCUT2D eigenvalue weighted by Crippen LogP contribution is 2.44. The molecular weight excluding hydrogens is 440 g/mol. The fourth-order valence-corrected chi connectivity index (χ4v) is 5.82. The maximum absolute atomic E-state index is 13.4. The number of morpholine rings is 1. The van der Waals surface area contributed by atoms with Crippen molar-refractivity contribution in [1.29, 1.82) is 0 Å². The highest BCUT2D eigenvalue weighted by molar-refractivity contribution is 5.79. The van der Waals surface area contributed by atoms with E-state index in [2.05, 4.69) is 64.6 Å². The third kappa shape index (κ3) is 3.26. The predicted octanol–water partition coefficient (Wildman–Crippen LogP) is 4.53. The molecule has 0 radical (unpaired) electrons. The van der Waals surface area contributed by atoms with E-state index in [1.54, 1.807) is 12.4 Å². The molecule has 0 spiro atoms. The molecule has 35 heavy (non-hydrogen) atoms. The number of rotatable bonds is 3. The lowest BCUT2D eigenvalue weighted by Gasteiger charge is -2.43. The number of carbonyl (C=O) groups is 1. The van der Waals surface area contributed by atoms with Gasteiger partial charge >= 0.3 is 6.09 Å². The molecule has 1 saturated heterocycles. The molecule has 2 bridgehead atoms. The van der Waals surface area contributed by atoms with Crippen molar-refractivity contribution < 1.29 is 14.3 Å². The van der Waals surface area contributed by atoms with Gasteiger partial charge < -0.3 is 9.47 Å². The van der Waals surface area contributed by atoms with Gasteiger partial charge in [0.15, 0.2) is 5.65 Å². The second-order valence-corrected chi connectivity index (χ2v) is 9.31. The van der Waals surface area contributed by atoms with E-state index in [1.165, 1.54) is 27.8 Å². The highest BCUT2D eigenvalue weighted by atomic mass is 16.6. The number of nitrogens with zero attached hydrogens (tertiary/aromatic N) is 4. The van der Waals surface area contributed by atoms with E-state index in [4.69, 9.17) is 9.47 Å². The summed E-state index contributed by atoms with van der Waals surface area (Å²) >= 11 is 0. The van der Waals surface area contributed by atoms with Crippen LogP contribution in [0, 0.1) is 0 Å². The zero-order valence-electron chi connectivity index (χ0n) is 19.1. The summed E-state index contributed by atoms with van der Waals surface area (Å²) < 4.78 is 13.8. The number of hydrogen-bond donors (Lipinski definition) is 0. The largest absolute Gasteiger partial charge is 0.448 e. The number of fused-ring (bicyclic) bond motifs is 6. The van der Waals surface area contributed by atoms with Gasteiger partial charge in [-0.1, -0.05) is 54.6 Å². The lowest BCUT2D eigenvalue weighted by atomic mass is 9.93. The smallest absolute Gasteiger partial charge is 0.410 e.